The molecule has 74 valence electrons. The summed E-state index contributed by atoms with van der Waals surface area (Å²) in [6.07, 6.45) is 4.30. The van der Waals surface area contributed by atoms with Crippen LogP contribution in [0.3, 0.4) is 0 Å². The Morgan fingerprint density at radius 3 is 2.54 bits per heavy atom. The third-order valence-corrected chi connectivity index (χ3v) is 2.13. The molecule has 0 unspecified atom stereocenters. The molecule has 13 heavy (non-hydrogen) atoms. The standard InChI is InChI=1S/C11H19NO/c1-5-6-7-9(2)10(3)11(4)13-8-12/h8,12H,2,5-7H2,1,3-4H3/b11-10+,12-8?. The summed E-state index contributed by atoms with van der Waals surface area (Å²) >= 11 is 0. The van der Waals surface area contributed by atoms with Crippen molar-refractivity contribution in [3.8, 4) is 0 Å². The first kappa shape index (κ1) is 11.9. The van der Waals surface area contributed by atoms with Gasteiger partial charge in [-0.05, 0) is 37.8 Å². The number of allylic oxidation sites excluding steroid dienone is 3. The van der Waals surface area contributed by atoms with E-state index in [0.717, 1.165) is 36.1 Å². The molecule has 0 aromatic heterocycles. The fraction of sp³-hybridized carbons (Fsp3) is 0.545. The zero-order chi connectivity index (χ0) is 10.3. The minimum Gasteiger partial charge on any atom is -0.451 e. The number of unbranched alkanes of at least 4 members (excludes halogenated alkanes) is 1. The van der Waals surface area contributed by atoms with Crippen molar-refractivity contribution in [3.05, 3.63) is 23.5 Å². The van der Waals surface area contributed by atoms with Crippen LogP contribution in [0.1, 0.15) is 40.0 Å². The highest BCUT2D eigenvalue weighted by atomic mass is 16.5. The Morgan fingerprint density at radius 1 is 1.46 bits per heavy atom. The molecule has 0 bridgehead atoms. The van der Waals surface area contributed by atoms with E-state index >= 15 is 0 Å². The van der Waals surface area contributed by atoms with Crippen LogP contribution in [-0.2, 0) is 4.74 Å². The van der Waals surface area contributed by atoms with Gasteiger partial charge in [-0.25, -0.2) is 0 Å². The third kappa shape index (κ3) is 4.51. The lowest BCUT2D eigenvalue weighted by Gasteiger charge is -2.08. The molecule has 1 N–H and O–H groups in total. The minimum atomic E-state index is 0.774. The van der Waals surface area contributed by atoms with Crippen molar-refractivity contribution in [2.24, 2.45) is 0 Å². The number of nitrogens with one attached hydrogen (secondary N) is 1. The first-order valence-electron chi connectivity index (χ1n) is 4.64. The van der Waals surface area contributed by atoms with Crippen LogP contribution in [0.15, 0.2) is 23.5 Å². The van der Waals surface area contributed by atoms with E-state index in [4.69, 9.17) is 10.1 Å². The number of hydrogen-bond acceptors (Lipinski definition) is 2. The SMILES string of the molecule is C=C(CCCC)/C(C)=C(\C)OC=N. The summed E-state index contributed by atoms with van der Waals surface area (Å²) in [6, 6.07) is 0. The highest BCUT2D eigenvalue weighted by molar-refractivity contribution is 5.45. The van der Waals surface area contributed by atoms with Crippen LogP contribution in [0.4, 0.5) is 0 Å². The number of hydrogen-bond donors (Lipinski definition) is 1. The third-order valence-electron chi connectivity index (χ3n) is 2.13. The summed E-state index contributed by atoms with van der Waals surface area (Å²) in [7, 11) is 0. The largest absolute Gasteiger partial charge is 0.451 e. The maximum atomic E-state index is 6.79. The van der Waals surface area contributed by atoms with E-state index in [1.54, 1.807) is 0 Å². The molecule has 0 aliphatic carbocycles. The molecule has 0 aliphatic rings. The van der Waals surface area contributed by atoms with Gasteiger partial charge in [0.1, 0.15) is 5.76 Å². The fourth-order valence-electron chi connectivity index (χ4n) is 1.00. The second-order valence-corrected chi connectivity index (χ2v) is 3.12. The highest BCUT2D eigenvalue weighted by Crippen LogP contribution is 2.18. The van der Waals surface area contributed by atoms with Gasteiger partial charge in [-0.15, -0.1) is 0 Å². The van der Waals surface area contributed by atoms with Crippen LogP contribution in [0.5, 0.6) is 0 Å². The van der Waals surface area contributed by atoms with Crippen LogP contribution >= 0.6 is 0 Å². The molecule has 0 aromatic carbocycles. The Hall–Kier alpha value is -1.05. The number of ether oxygens (including phenoxy) is 1. The van der Waals surface area contributed by atoms with Gasteiger partial charge < -0.3 is 4.74 Å². The first-order chi connectivity index (χ1) is 6.13. The average Bonchev–Trinajstić information content (AvgIpc) is 2.13. The van der Waals surface area contributed by atoms with Gasteiger partial charge in [0.05, 0.1) is 0 Å². The van der Waals surface area contributed by atoms with Gasteiger partial charge in [0.2, 0.25) is 0 Å². The second-order valence-electron chi connectivity index (χ2n) is 3.12. The predicted octanol–water partition coefficient (Wildman–Crippen LogP) is 3.65. The maximum absolute atomic E-state index is 6.79. The Balaban J connectivity index is 4.21. The van der Waals surface area contributed by atoms with Crippen molar-refractivity contribution < 1.29 is 4.74 Å². The quantitative estimate of drug-likeness (QED) is 0.288. The zero-order valence-electron chi connectivity index (χ0n) is 8.81. The van der Waals surface area contributed by atoms with E-state index < -0.39 is 0 Å². The molecule has 0 amide bonds. The van der Waals surface area contributed by atoms with Gasteiger partial charge >= 0.3 is 0 Å². The Morgan fingerprint density at radius 2 is 2.08 bits per heavy atom. The fourth-order valence-corrected chi connectivity index (χ4v) is 1.00. The van der Waals surface area contributed by atoms with E-state index in [0.29, 0.717) is 0 Å². The van der Waals surface area contributed by atoms with Crippen LogP contribution in [0, 0.1) is 5.41 Å². The van der Waals surface area contributed by atoms with E-state index in [9.17, 15) is 0 Å². The van der Waals surface area contributed by atoms with Crippen LogP contribution in [0.2, 0.25) is 0 Å². The maximum Gasteiger partial charge on any atom is 0.173 e. The predicted molar refractivity (Wildman–Crippen MR) is 56.9 cm³/mol. The second kappa shape index (κ2) is 6.46. The Kier molecular flexibility index (Phi) is 5.94. The number of rotatable bonds is 6. The van der Waals surface area contributed by atoms with E-state index in [2.05, 4.69) is 13.5 Å². The molecule has 0 rings (SSSR count). The van der Waals surface area contributed by atoms with Crippen LogP contribution in [-0.4, -0.2) is 6.40 Å². The average molecular weight is 181 g/mol. The van der Waals surface area contributed by atoms with Gasteiger partial charge in [0.15, 0.2) is 6.40 Å². The molecule has 2 heteroatoms. The summed E-state index contributed by atoms with van der Waals surface area (Å²) in [5.41, 5.74) is 2.18. The van der Waals surface area contributed by atoms with Gasteiger partial charge in [0.25, 0.3) is 0 Å². The van der Waals surface area contributed by atoms with Gasteiger partial charge in [-0.1, -0.05) is 19.9 Å². The van der Waals surface area contributed by atoms with Gasteiger partial charge in [-0.3, -0.25) is 5.41 Å². The van der Waals surface area contributed by atoms with E-state index in [1.165, 1.54) is 6.42 Å². The first-order valence-corrected chi connectivity index (χ1v) is 4.64. The van der Waals surface area contributed by atoms with Crippen molar-refractivity contribution in [2.45, 2.75) is 40.0 Å². The van der Waals surface area contributed by atoms with Gasteiger partial charge in [-0.2, -0.15) is 0 Å². The summed E-state index contributed by atoms with van der Waals surface area (Å²) in [5, 5.41) is 6.79. The Labute approximate surface area is 80.8 Å². The monoisotopic (exact) mass is 181 g/mol. The zero-order valence-corrected chi connectivity index (χ0v) is 8.81. The molecule has 0 atom stereocenters. The molecule has 0 saturated carbocycles. The lowest BCUT2D eigenvalue weighted by Crippen LogP contribution is -1.92. The van der Waals surface area contributed by atoms with Gasteiger partial charge in [0, 0.05) is 0 Å². The molecule has 0 radical (unpaired) electrons. The molecule has 0 aromatic rings. The summed E-state index contributed by atoms with van der Waals surface area (Å²) in [6.45, 7) is 9.98. The lowest BCUT2D eigenvalue weighted by atomic mass is 10.0. The van der Waals surface area contributed by atoms with Crippen molar-refractivity contribution in [1.82, 2.24) is 0 Å². The Bertz CT molecular complexity index is 216. The molecule has 0 saturated heterocycles. The normalized spacial score (nSPS) is 11.9. The molecule has 0 aliphatic heterocycles. The topological polar surface area (TPSA) is 33.1 Å². The summed E-state index contributed by atoms with van der Waals surface area (Å²) in [4.78, 5) is 0. The summed E-state index contributed by atoms with van der Waals surface area (Å²) < 4.78 is 4.97. The lowest BCUT2D eigenvalue weighted by molar-refractivity contribution is 0.427. The highest BCUT2D eigenvalue weighted by Gasteiger charge is 2.01. The molecule has 0 spiro atoms. The van der Waals surface area contributed by atoms with Crippen molar-refractivity contribution >= 4 is 6.40 Å². The summed E-state index contributed by atoms with van der Waals surface area (Å²) in [5.74, 6) is 0.774. The molecule has 0 fully saturated rings. The molecule has 0 heterocycles. The van der Waals surface area contributed by atoms with Crippen LogP contribution < -0.4 is 0 Å². The van der Waals surface area contributed by atoms with E-state index in [1.807, 2.05) is 13.8 Å². The van der Waals surface area contributed by atoms with E-state index in [-0.39, 0.29) is 0 Å². The molecular formula is C11H19NO. The smallest absolute Gasteiger partial charge is 0.173 e. The van der Waals surface area contributed by atoms with Crippen LogP contribution in [0.25, 0.3) is 0 Å². The van der Waals surface area contributed by atoms with Crippen molar-refractivity contribution in [2.75, 3.05) is 0 Å². The van der Waals surface area contributed by atoms with Crippen molar-refractivity contribution in [1.29, 1.82) is 5.41 Å². The minimum absolute atomic E-state index is 0.774. The molecular weight excluding hydrogens is 162 g/mol. The van der Waals surface area contributed by atoms with Crippen molar-refractivity contribution in [3.63, 3.8) is 0 Å². The molecule has 2 nitrogen and oxygen atoms in total.